The molecule has 0 aliphatic carbocycles. The van der Waals surface area contributed by atoms with Crippen LogP contribution >= 0.6 is 0 Å². The third kappa shape index (κ3) is 1.95. The van der Waals surface area contributed by atoms with Crippen molar-refractivity contribution in [3.63, 3.8) is 0 Å². The van der Waals surface area contributed by atoms with Crippen LogP contribution in [-0.4, -0.2) is 25.8 Å². The zero-order chi connectivity index (χ0) is 11.7. The molecular weight excluding hydrogens is 214 g/mol. The molecule has 88 valence electrons. The number of nitrogens with two attached hydrogens (primary N) is 1. The van der Waals surface area contributed by atoms with Crippen molar-refractivity contribution in [2.75, 3.05) is 30.4 Å². The lowest BCUT2D eigenvalue weighted by Gasteiger charge is -2.35. The van der Waals surface area contributed by atoms with E-state index >= 15 is 0 Å². The van der Waals surface area contributed by atoms with E-state index in [1.165, 1.54) is 6.07 Å². The smallest absolute Gasteiger partial charge is 0.151 e. The highest BCUT2D eigenvalue weighted by atomic mass is 19.1. The van der Waals surface area contributed by atoms with Crippen molar-refractivity contribution in [3.8, 4) is 0 Å². The highest BCUT2D eigenvalue weighted by molar-refractivity contribution is 5.68. The van der Waals surface area contributed by atoms with Gasteiger partial charge in [0.05, 0.1) is 24.6 Å². The van der Waals surface area contributed by atoms with Crippen LogP contribution in [0.2, 0.25) is 0 Å². The van der Waals surface area contributed by atoms with Gasteiger partial charge in [-0.1, -0.05) is 0 Å². The monoisotopic (exact) mass is 228 g/mol. The van der Waals surface area contributed by atoms with Crippen LogP contribution in [0, 0.1) is 11.6 Å². The van der Waals surface area contributed by atoms with Crippen LogP contribution in [-0.2, 0) is 4.74 Å². The van der Waals surface area contributed by atoms with E-state index in [-0.39, 0.29) is 11.7 Å². The Labute approximate surface area is 92.8 Å². The highest BCUT2D eigenvalue weighted by Gasteiger charge is 2.22. The quantitative estimate of drug-likeness (QED) is 0.744. The SMILES string of the molecule is CC1COCCN1c1cc(F)cc(F)c1N. The minimum absolute atomic E-state index is 0.00449. The van der Waals surface area contributed by atoms with Gasteiger partial charge in [-0.25, -0.2) is 8.78 Å². The van der Waals surface area contributed by atoms with Gasteiger partial charge in [-0.3, -0.25) is 0 Å². The van der Waals surface area contributed by atoms with Gasteiger partial charge < -0.3 is 15.4 Å². The summed E-state index contributed by atoms with van der Waals surface area (Å²) >= 11 is 0. The molecule has 1 fully saturated rings. The number of halogens is 2. The van der Waals surface area contributed by atoms with E-state index in [0.717, 1.165) is 6.07 Å². The lowest BCUT2D eigenvalue weighted by molar-refractivity contribution is 0.0989. The van der Waals surface area contributed by atoms with Crippen LogP contribution in [0.3, 0.4) is 0 Å². The third-order valence-electron chi connectivity index (χ3n) is 2.75. The average molecular weight is 228 g/mol. The molecule has 1 heterocycles. The number of nitrogens with zero attached hydrogens (tertiary/aromatic N) is 1. The van der Waals surface area contributed by atoms with Gasteiger partial charge in [0.15, 0.2) is 5.82 Å². The average Bonchev–Trinajstić information content (AvgIpc) is 2.24. The first-order valence-corrected chi connectivity index (χ1v) is 5.18. The minimum Gasteiger partial charge on any atom is -0.395 e. The molecule has 3 nitrogen and oxygen atoms in total. The van der Waals surface area contributed by atoms with E-state index in [0.29, 0.717) is 25.4 Å². The van der Waals surface area contributed by atoms with Gasteiger partial charge in [0.1, 0.15) is 5.82 Å². The van der Waals surface area contributed by atoms with Crippen molar-refractivity contribution in [2.45, 2.75) is 13.0 Å². The van der Waals surface area contributed by atoms with Crippen LogP contribution in [0.15, 0.2) is 12.1 Å². The van der Waals surface area contributed by atoms with Gasteiger partial charge in [0.25, 0.3) is 0 Å². The summed E-state index contributed by atoms with van der Waals surface area (Å²) in [5, 5.41) is 0. The summed E-state index contributed by atoms with van der Waals surface area (Å²) in [4.78, 5) is 1.87. The minimum atomic E-state index is -0.714. The Morgan fingerprint density at radius 3 is 2.88 bits per heavy atom. The van der Waals surface area contributed by atoms with E-state index in [2.05, 4.69) is 0 Å². The maximum atomic E-state index is 13.3. The van der Waals surface area contributed by atoms with Crippen molar-refractivity contribution >= 4 is 11.4 Å². The zero-order valence-electron chi connectivity index (χ0n) is 9.04. The number of morpholine rings is 1. The summed E-state index contributed by atoms with van der Waals surface area (Å²) < 4.78 is 31.7. The second-order valence-electron chi connectivity index (χ2n) is 3.94. The van der Waals surface area contributed by atoms with Crippen LogP contribution in [0.4, 0.5) is 20.2 Å². The van der Waals surface area contributed by atoms with Crippen LogP contribution in [0.5, 0.6) is 0 Å². The molecule has 2 rings (SSSR count). The van der Waals surface area contributed by atoms with E-state index in [1.807, 2.05) is 11.8 Å². The molecule has 1 aliphatic rings. The van der Waals surface area contributed by atoms with E-state index < -0.39 is 11.6 Å². The summed E-state index contributed by atoms with van der Waals surface area (Å²) in [6.07, 6.45) is 0. The molecule has 0 bridgehead atoms. The molecule has 0 spiro atoms. The van der Waals surface area contributed by atoms with Gasteiger partial charge >= 0.3 is 0 Å². The number of ether oxygens (including phenoxy) is 1. The molecule has 5 heteroatoms. The van der Waals surface area contributed by atoms with Crippen LogP contribution in [0.25, 0.3) is 0 Å². The summed E-state index contributed by atoms with van der Waals surface area (Å²) in [6.45, 7) is 3.61. The van der Waals surface area contributed by atoms with Crippen molar-refractivity contribution < 1.29 is 13.5 Å². The molecule has 1 aliphatic heterocycles. The Hall–Kier alpha value is -1.36. The number of hydrogen-bond acceptors (Lipinski definition) is 3. The number of rotatable bonds is 1. The van der Waals surface area contributed by atoms with Gasteiger partial charge in [-0.2, -0.15) is 0 Å². The lowest BCUT2D eigenvalue weighted by atomic mass is 10.1. The number of anilines is 2. The van der Waals surface area contributed by atoms with Gasteiger partial charge in [-0.15, -0.1) is 0 Å². The van der Waals surface area contributed by atoms with Crippen LogP contribution in [0.1, 0.15) is 6.92 Å². The third-order valence-corrected chi connectivity index (χ3v) is 2.75. The Bertz CT molecular complexity index is 398. The topological polar surface area (TPSA) is 38.5 Å². The fraction of sp³-hybridized carbons (Fsp3) is 0.455. The molecule has 1 unspecified atom stereocenters. The van der Waals surface area contributed by atoms with E-state index in [1.54, 1.807) is 0 Å². The maximum Gasteiger partial charge on any atom is 0.151 e. The number of benzene rings is 1. The lowest BCUT2D eigenvalue weighted by Crippen LogP contribution is -2.44. The molecule has 1 atom stereocenters. The summed E-state index contributed by atoms with van der Waals surface area (Å²) in [5.41, 5.74) is 6.03. The van der Waals surface area contributed by atoms with E-state index in [9.17, 15) is 8.78 Å². The summed E-state index contributed by atoms with van der Waals surface area (Å²) in [7, 11) is 0. The second kappa shape index (κ2) is 4.25. The molecular formula is C11H14F2N2O. The number of hydrogen-bond donors (Lipinski definition) is 1. The van der Waals surface area contributed by atoms with Crippen molar-refractivity contribution in [1.29, 1.82) is 0 Å². The van der Waals surface area contributed by atoms with Gasteiger partial charge in [0.2, 0.25) is 0 Å². The van der Waals surface area contributed by atoms with Crippen molar-refractivity contribution in [2.24, 2.45) is 0 Å². The first-order chi connectivity index (χ1) is 7.59. The fourth-order valence-corrected chi connectivity index (χ4v) is 1.89. The Kier molecular flexibility index (Phi) is 2.96. The fourth-order valence-electron chi connectivity index (χ4n) is 1.89. The molecule has 2 N–H and O–H groups in total. The number of nitrogen functional groups attached to an aromatic ring is 1. The largest absolute Gasteiger partial charge is 0.395 e. The maximum absolute atomic E-state index is 13.3. The second-order valence-corrected chi connectivity index (χ2v) is 3.94. The molecule has 0 amide bonds. The Morgan fingerprint density at radius 1 is 1.44 bits per heavy atom. The zero-order valence-corrected chi connectivity index (χ0v) is 9.04. The van der Waals surface area contributed by atoms with Crippen LogP contribution < -0.4 is 10.6 Å². The summed E-state index contributed by atoms with van der Waals surface area (Å²) in [5.74, 6) is -1.32. The molecule has 16 heavy (non-hydrogen) atoms. The first kappa shape index (κ1) is 11.1. The molecule has 1 aromatic carbocycles. The standard InChI is InChI=1S/C11H14F2N2O/c1-7-6-16-3-2-15(7)10-5-8(12)4-9(13)11(10)14/h4-5,7H,2-3,6,14H2,1H3. The van der Waals surface area contributed by atoms with Crippen molar-refractivity contribution in [1.82, 2.24) is 0 Å². The molecule has 0 saturated carbocycles. The predicted molar refractivity (Wildman–Crippen MR) is 58.4 cm³/mol. The molecule has 0 aromatic heterocycles. The normalized spacial score (nSPS) is 21.2. The Balaban J connectivity index is 2.38. The first-order valence-electron chi connectivity index (χ1n) is 5.18. The summed E-state index contributed by atoms with van der Waals surface area (Å²) in [6, 6.07) is 2.13. The molecule has 1 saturated heterocycles. The highest BCUT2D eigenvalue weighted by Crippen LogP contribution is 2.29. The van der Waals surface area contributed by atoms with Gasteiger partial charge in [-0.05, 0) is 13.0 Å². The predicted octanol–water partition coefficient (Wildman–Crippen LogP) is 1.77. The molecule has 0 radical (unpaired) electrons. The van der Waals surface area contributed by atoms with E-state index in [4.69, 9.17) is 10.5 Å². The van der Waals surface area contributed by atoms with Gasteiger partial charge in [0, 0.05) is 18.7 Å². The van der Waals surface area contributed by atoms with Crippen molar-refractivity contribution in [3.05, 3.63) is 23.8 Å². The molecule has 1 aromatic rings. The Morgan fingerprint density at radius 2 is 2.19 bits per heavy atom.